The number of pyridine rings is 2. The first-order valence-electron chi connectivity index (χ1n) is 13.8. The van der Waals surface area contributed by atoms with Crippen LogP contribution in [0.3, 0.4) is 0 Å². The van der Waals surface area contributed by atoms with Crippen LogP contribution < -0.4 is 15.5 Å². The van der Waals surface area contributed by atoms with Crippen LogP contribution in [-0.2, 0) is 5.41 Å². The molecule has 0 spiro atoms. The van der Waals surface area contributed by atoms with Crippen LogP contribution >= 0.6 is 0 Å². The molecule has 10 heteroatoms. The lowest BCUT2D eigenvalue weighted by Gasteiger charge is -2.35. The molecule has 1 aliphatic rings. The number of aromatic nitrogens is 4. The third-order valence-corrected chi connectivity index (χ3v) is 7.09. The number of aryl methyl sites for hydroxylation is 2. The Hall–Kier alpha value is -4.73. The molecular weight excluding hydrogens is 516 g/mol. The molecule has 0 bridgehead atoms. The van der Waals surface area contributed by atoms with Crippen LogP contribution in [0.4, 0.5) is 22.1 Å². The largest absolute Gasteiger partial charge is 0.353 e. The average molecular weight is 553 g/mol. The molecule has 0 atom stereocenters. The fourth-order valence-electron chi connectivity index (χ4n) is 4.64. The third kappa shape index (κ3) is 6.37. The fraction of sp³-hybridized carbons (Fsp3) is 0.323. The van der Waals surface area contributed by atoms with Gasteiger partial charge in [0.25, 0.3) is 5.91 Å². The molecule has 5 rings (SSSR count). The standard InChI is InChI=1S/C31H36N8O2/c1-21-9-11-23(12-10-21)39-28(20-26(36-39)31(3,4)5)35-30(41)34-24-13-14-27(33-22(24)2)37-16-18-38(19-17-37)29(40)25-8-6-7-15-32-25/h6-15,20H,16-19H2,1-5H3,(H2,34,35,41). The molecule has 41 heavy (non-hydrogen) atoms. The first-order chi connectivity index (χ1) is 19.6. The lowest BCUT2D eigenvalue weighted by molar-refractivity contribution is 0.0740. The highest BCUT2D eigenvalue weighted by Crippen LogP contribution is 2.27. The van der Waals surface area contributed by atoms with E-state index in [2.05, 4.69) is 41.3 Å². The van der Waals surface area contributed by atoms with Crippen molar-refractivity contribution >= 4 is 29.3 Å². The predicted octanol–water partition coefficient (Wildman–Crippen LogP) is 5.18. The normalized spacial score (nSPS) is 13.7. The monoisotopic (exact) mass is 552 g/mol. The molecule has 10 nitrogen and oxygen atoms in total. The minimum Gasteiger partial charge on any atom is -0.353 e. The number of piperazine rings is 1. The maximum Gasteiger partial charge on any atom is 0.324 e. The van der Waals surface area contributed by atoms with Gasteiger partial charge in [0.05, 0.1) is 22.8 Å². The van der Waals surface area contributed by atoms with Gasteiger partial charge in [0, 0.05) is 43.9 Å². The van der Waals surface area contributed by atoms with Crippen LogP contribution in [0.1, 0.15) is 48.2 Å². The third-order valence-electron chi connectivity index (χ3n) is 7.09. The van der Waals surface area contributed by atoms with Gasteiger partial charge in [-0.1, -0.05) is 44.5 Å². The Labute approximate surface area is 240 Å². The predicted molar refractivity (Wildman–Crippen MR) is 161 cm³/mol. The van der Waals surface area contributed by atoms with E-state index in [0.29, 0.717) is 49.1 Å². The quantitative estimate of drug-likeness (QED) is 0.353. The van der Waals surface area contributed by atoms with E-state index in [4.69, 9.17) is 10.1 Å². The Bertz CT molecular complexity index is 1530. The summed E-state index contributed by atoms with van der Waals surface area (Å²) in [5, 5.41) is 10.7. The zero-order valence-electron chi connectivity index (χ0n) is 24.2. The van der Waals surface area contributed by atoms with Gasteiger partial charge in [0.2, 0.25) is 0 Å². The van der Waals surface area contributed by atoms with E-state index in [0.717, 1.165) is 22.8 Å². The topological polar surface area (TPSA) is 108 Å². The minimum absolute atomic E-state index is 0.0571. The summed E-state index contributed by atoms with van der Waals surface area (Å²) >= 11 is 0. The minimum atomic E-state index is -0.377. The van der Waals surface area contributed by atoms with Gasteiger partial charge >= 0.3 is 6.03 Å². The van der Waals surface area contributed by atoms with Gasteiger partial charge in [-0.2, -0.15) is 5.10 Å². The number of carbonyl (C=O) groups is 2. The summed E-state index contributed by atoms with van der Waals surface area (Å²) in [5.74, 6) is 1.33. The molecule has 212 valence electrons. The van der Waals surface area contributed by atoms with Gasteiger partial charge < -0.3 is 15.1 Å². The Balaban J connectivity index is 1.24. The van der Waals surface area contributed by atoms with Gasteiger partial charge in [-0.05, 0) is 50.2 Å². The summed E-state index contributed by atoms with van der Waals surface area (Å²) in [4.78, 5) is 38.7. The van der Waals surface area contributed by atoms with Crippen LogP contribution in [0, 0.1) is 13.8 Å². The van der Waals surface area contributed by atoms with E-state index < -0.39 is 0 Å². The molecule has 3 aromatic heterocycles. The number of nitrogens with zero attached hydrogens (tertiary/aromatic N) is 6. The van der Waals surface area contributed by atoms with E-state index in [1.165, 1.54) is 0 Å². The van der Waals surface area contributed by atoms with E-state index in [9.17, 15) is 9.59 Å². The Kier molecular flexibility index (Phi) is 7.74. The summed E-state index contributed by atoms with van der Waals surface area (Å²) < 4.78 is 1.76. The number of rotatable bonds is 5. The number of urea groups is 1. The lowest BCUT2D eigenvalue weighted by Crippen LogP contribution is -2.49. The van der Waals surface area contributed by atoms with E-state index >= 15 is 0 Å². The molecule has 1 aromatic carbocycles. The summed E-state index contributed by atoms with van der Waals surface area (Å²) in [6.45, 7) is 12.7. The molecule has 1 fully saturated rings. The van der Waals surface area contributed by atoms with E-state index in [-0.39, 0.29) is 17.4 Å². The lowest BCUT2D eigenvalue weighted by atomic mass is 9.92. The number of hydrogen-bond donors (Lipinski definition) is 2. The van der Waals surface area contributed by atoms with Crippen molar-refractivity contribution < 1.29 is 9.59 Å². The second-order valence-corrected chi connectivity index (χ2v) is 11.3. The molecule has 4 aromatic rings. The highest BCUT2D eigenvalue weighted by Gasteiger charge is 2.24. The maximum absolute atomic E-state index is 13.1. The van der Waals surface area contributed by atoms with Gasteiger partial charge in [0.1, 0.15) is 17.3 Å². The fourth-order valence-corrected chi connectivity index (χ4v) is 4.64. The van der Waals surface area contributed by atoms with Crippen LogP contribution in [-0.4, -0.2) is 62.8 Å². The smallest absolute Gasteiger partial charge is 0.324 e. The molecule has 0 radical (unpaired) electrons. The van der Waals surface area contributed by atoms with Gasteiger partial charge in [-0.3, -0.25) is 15.1 Å². The zero-order valence-corrected chi connectivity index (χ0v) is 24.2. The van der Waals surface area contributed by atoms with Crippen LogP contribution in [0.2, 0.25) is 0 Å². The van der Waals surface area contributed by atoms with Crippen molar-refractivity contribution in [1.82, 2.24) is 24.6 Å². The van der Waals surface area contributed by atoms with Crippen molar-refractivity contribution in [2.24, 2.45) is 0 Å². The van der Waals surface area contributed by atoms with Crippen molar-refractivity contribution in [1.29, 1.82) is 0 Å². The summed E-state index contributed by atoms with van der Waals surface area (Å²) in [7, 11) is 0. The number of amides is 3. The maximum atomic E-state index is 13.1. The molecule has 0 unspecified atom stereocenters. The number of anilines is 3. The second kappa shape index (κ2) is 11.4. The molecule has 3 amide bonds. The van der Waals surface area contributed by atoms with Crippen molar-refractivity contribution in [2.75, 3.05) is 41.7 Å². The highest BCUT2D eigenvalue weighted by atomic mass is 16.2. The summed E-state index contributed by atoms with van der Waals surface area (Å²) in [6, 6.07) is 18.7. The molecular formula is C31H36N8O2. The van der Waals surface area contributed by atoms with Crippen molar-refractivity contribution in [3.8, 4) is 5.69 Å². The second-order valence-electron chi connectivity index (χ2n) is 11.3. The number of benzene rings is 1. The van der Waals surface area contributed by atoms with Gasteiger partial charge in [-0.15, -0.1) is 0 Å². The first-order valence-corrected chi connectivity index (χ1v) is 13.8. The van der Waals surface area contributed by atoms with Crippen LogP contribution in [0.15, 0.2) is 66.9 Å². The molecule has 0 saturated carbocycles. The van der Waals surface area contributed by atoms with Crippen LogP contribution in [0.25, 0.3) is 5.69 Å². The van der Waals surface area contributed by atoms with E-state index in [1.54, 1.807) is 23.0 Å². The van der Waals surface area contributed by atoms with Crippen molar-refractivity contribution in [2.45, 2.75) is 40.0 Å². The number of nitrogens with one attached hydrogen (secondary N) is 2. The van der Waals surface area contributed by atoms with Gasteiger partial charge in [-0.25, -0.2) is 14.5 Å². The van der Waals surface area contributed by atoms with Crippen molar-refractivity contribution in [3.05, 3.63) is 89.5 Å². The Morgan fingerprint density at radius 1 is 0.878 bits per heavy atom. The SMILES string of the molecule is Cc1ccc(-n2nc(C(C)(C)C)cc2NC(=O)Nc2ccc(N3CCN(C(=O)c4ccccn4)CC3)nc2C)cc1. The molecule has 2 N–H and O–H groups in total. The van der Waals surface area contributed by atoms with Gasteiger partial charge in [0.15, 0.2) is 0 Å². The zero-order chi connectivity index (χ0) is 29.1. The molecule has 0 aliphatic carbocycles. The van der Waals surface area contributed by atoms with Crippen LogP contribution in [0.5, 0.6) is 0 Å². The first kappa shape index (κ1) is 27.8. The van der Waals surface area contributed by atoms with Crippen molar-refractivity contribution in [3.63, 3.8) is 0 Å². The summed E-state index contributed by atoms with van der Waals surface area (Å²) in [6.07, 6.45) is 1.63. The molecule has 1 saturated heterocycles. The molecule has 4 heterocycles. The Morgan fingerprint density at radius 2 is 1.61 bits per heavy atom. The average Bonchev–Trinajstić information content (AvgIpc) is 3.39. The Morgan fingerprint density at radius 3 is 2.24 bits per heavy atom. The molecule has 1 aliphatic heterocycles. The van der Waals surface area contributed by atoms with E-state index in [1.807, 2.05) is 67.3 Å². The number of carbonyl (C=O) groups excluding carboxylic acids is 2. The highest BCUT2D eigenvalue weighted by molar-refractivity contribution is 5.99. The summed E-state index contributed by atoms with van der Waals surface area (Å²) in [5.41, 5.74) is 4.48. The number of hydrogen-bond acceptors (Lipinski definition) is 6.